The minimum absolute atomic E-state index is 0.224. The van der Waals surface area contributed by atoms with E-state index in [4.69, 9.17) is 0 Å². The highest BCUT2D eigenvalue weighted by Crippen LogP contribution is 2.30. The van der Waals surface area contributed by atoms with Crippen LogP contribution in [0.1, 0.15) is 25.5 Å². The number of hydrogen-bond donors (Lipinski definition) is 1. The molecule has 0 bridgehead atoms. The molecule has 0 saturated carbocycles. The van der Waals surface area contributed by atoms with E-state index in [1.54, 1.807) is 6.07 Å². The fraction of sp³-hybridized carbons (Fsp3) is 0.250. The van der Waals surface area contributed by atoms with Crippen LogP contribution in [0.4, 0.5) is 0 Å². The van der Waals surface area contributed by atoms with Crippen molar-refractivity contribution < 1.29 is 5.11 Å². The van der Waals surface area contributed by atoms with Gasteiger partial charge in [0.1, 0.15) is 5.75 Å². The van der Waals surface area contributed by atoms with Gasteiger partial charge >= 0.3 is 0 Å². The average molecular weight is 266 g/mol. The summed E-state index contributed by atoms with van der Waals surface area (Å²) >= 11 is 3.46. The molecular formula is C12H12BrNO. The molecule has 0 unspecified atom stereocenters. The first-order valence-electron chi connectivity index (χ1n) is 4.87. The maximum absolute atomic E-state index is 9.79. The first-order valence-corrected chi connectivity index (χ1v) is 5.67. The van der Waals surface area contributed by atoms with E-state index >= 15 is 0 Å². The van der Waals surface area contributed by atoms with Crippen molar-refractivity contribution in [3.8, 4) is 5.75 Å². The number of aromatic nitrogens is 1. The van der Waals surface area contributed by atoms with Gasteiger partial charge in [0.25, 0.3) is 0 Å². The summed E-state index contributed by atoms with van der Waals surface area (Å²) in [4.78, 5) is 4.48. The van der Waals surface area contributed by atoms with Crippen molar-refractivity contribution in [3.05, 3.63) is 34.4 Å². The maximum Gasteiger partial charge on any atom is 0.137 e. The van der Waals surface area contributed by atoms with Gasteiger partial charge in [0.15, 0.2) is 0 Å². The van der Waals surface area contributed by atoms with Crippen LogP contribution in [-0.4, -0.2) is 10.1 Å². The molecule has 0 aliphatic heterocycles. The van der Waals surface area contributed by atoms with Gasteiger partial charge in [0, 0.05) is 9.86 Å². The average Bonchev–Trinajstić information content (AvgIpc) is 2.16. The van der Waals surface area contributed by atoms with Crippen LogP contribution < -0.4 is 0 Å². The molecule has 0 radical (unpaired) electrons. The van der Waals surface area contributed by atoms with Crippen molar-refractivity contribution in [3.63, 3.8) is 0 Å². The Hall–Kier alpha value is -1.09. The number of benzene rings is 1. The van der Waals surface area contributed by atoms with Gasteiger partial charge in [-0.15, -0.1) is 0 Å². The summed E-state index contributed by atoms with van der Waals surface area (Å²) < 4.78 is 0.960. The molecule has 15 heavy (non-hydrogen) atoms. The normalized spacial score (nSPS) is 11.2. The molecule has 2 aromatic rings. The molecule has 1 aromatic carbocycles. The zero-order valence-corrected chi connectivity index (χ0v) is 10.2. The Labute approximate surface area is 97.1 Å². The third-order valence-electron chi connectivity index (χ3n) is 2.35. The van der Waals surface area contributed by atoms with Crippen molar-refractivity contribution in [1.82, 2.24) is 4.98 Å². The fourth-order valence-electron chi connectivity index (χ4n) is 1.59. The number of nitrogens with zero attached hydrogens (tertiary/aromatic N) is 1. The lowest BCUT2D eigenvalue weighted by atomic mass is 10.1. The summed E-state index contributed by atoms with van der Waals surface area (Å²) in [7, 11) is 0. The Kier molecular flexibility index (Phi) is 2.65. The molecule has 78 valence electrons. The lowest BCUT2D eigenvalue weighted by Crippen LogP contribution is -1.94. The van der Waals surface area contributed by atoms with Gasteiger partial charge in [-0.05, 0) is 34.0 Å². The van der Waals surface area contributed by atoms with Crippen LogP contribution in [0.5, 0.6) is 5.75 Å². The standard InChI is InChI=1S/C12H12BrNO/c1-7(2)11-10(15)6-8-4-3-5-9(13)12(8)14-11/h3-7,15H,1-2H3. The van der Waals surface area contributed by atoms with E-state index in [9.17, 15) is 5.11 Å². The smallest absolute Gasteiger partial charge is 0.137 e. The van der Waals surface area contributed by atoms with Crippen molar-refractivity contribution in [2.45, 2.75) is 19.8 Å². The van der Waals surface area contributed by atoms with E-state index < -0.39 is 0 Å². The predicted octanol–water partition coefficient (Wildman–Crippen LogP) is 3.83. The molecule has 0 fully saturated rings. The van der Waals surface area contributed by atoms with Gasteiger partial charge in [0.2, 0.25) is 0 Å². The number of aromatic hydroxyl groups is 1. The Morgan fingerprint density at radius 3 is 2.73 bits per heavy atom. The summed E-state index contributed by atoms with van der Waals surface area (Å²) in [5, 5.41) is 10.7. The van der Waals surface area contributed by atoms with E-state index in [-0.39, 0.29) is 11.7 Å². The van der Waals surface area contributed by atoms with Crippen LogP contribution in [0.2, 0.25) is 0 Å². The molecular weight excluding hydrogens is 254 g/mol. The second-order valence-corrected chi connectivity index (χ2v) is 4.71. The van der Waals surface area contributed by atoms with Crippen LogP contribution in [0.3, 0.4) is 0 Å². The van der Waals surface area contributed by atoms with Crippen LogP contribution in [-0.2, 0) is 0 Å². The Morgan fingerprint density at radius 2 is 2.07 bits per heavy atom. The third-order valence-corrected chi connectivity index (χ3v) is 2.99. The number of para-hydroxylation sites is 1. The first-order chi connectivity index (χ1) is 7.09. The predicted molar refractivity (Wildman–Crippen MR) is 65.2 cm³/mol. The third kappa shape index (κ3) is 1.84. The molecule has 0 aliphatic rings. The van der Waals surface area contributed by atoms with Crippen molar-refractivity contribution >= 4 is 26.8 Å². The molecule has 2 rings (SSSR count). The highest BCUT2D eigenvalue weighted by Gasteiger charge is 2.10. The van der Waals surface area contributed by atoms with Crippen molar-refractivity contribution in [1.29, 1.82) is 0 Å². The van der Waals surface area contributed by atoms with Gasteiger partial charge in [-0.3, -0.25) is 0 Å². The molecule has 0 spiro atoms. The van der Waals surface area contributed by atoms with Gasteiger partial charge in [-0.25, -0.2) is 4.98 Å². The minimum Gasteiger partial charge on any atom is -0.506 e. The van der Waals surface area contributed by atoms with Crippen LogP contribution in [0.15, 0.2) is 28.7 Å². The highest BCUT2D eigenvalue weighted by atomic mass is 79.9. The molecule has 0 saturated heterocycles. The number of pyridine rings is 1. The van der Waals surface area contributed by atoms with Gasteiger partial charge < -0.3 is 5.11 Å². The SMILES string of the molecule is CC(C)c1nc2c(Br)cccc2cc1O. The second kappa shape index (κ2) is 3.81. The molecule has 3 heteroatoms. The molecule has 0 amide bonds. The van der Waals surface area contributed by atoms with Crippen molar-refractivity contribution in [2.24, 2.45) is 0 Å². The number of hydrogen-bond acceptors (Lipinski definition) is 2. The second-order valence-electron chi connectivity index (χ2n) is 3.86. The summed E-state index contributed by atoms with van der Waals surface area (Å²) in [6.45, 7) is 4.04. The molecule has 1 aromatic heterocycles. The largest absolute Gasteiger partial charge is 0.506 e. The summed E-state index contributed by atoms with van der Waals surface area (Å²) in [5.41, 5.74) is 1.65. The maximum atomic E-state index is 9.79. The van der Waals surface area contributed by atoms with Gasteiger partial charge in [-0.2, -0.15) is 0 Å². The lowest BCUT2D eigenvalue weighted by molar-refractivity contribution is 0.461. The van der Waals surface area contributed by atoms with Crippen LogP contribution >= 0.6 is 15.9 Å². The summed E-state index contributed by atoms with van der Waals surface area (Å²) in [6, 6.07) is 7.60. The zero-order chi connectivity index (χ0) is 11.0. The fourth-order valence-corrected chi connectivity index (χ4v) is 2.06. The molecule has 2 nitrogen and oxygen atoms in total. The monoisotopic (exact) mass is 265 g/mol. The van der Waals surface area contributed by atoms with Crippen molar-refractivity contribution in [2.75, 3.05) is 0 Å². The van der Waals surface area contributed by atoms with Gasteiger partial charge in [0.05, 0.1) is 11.2 Å². The lowest BCUT2D eigenvalue weighted by Gasteiger charge is -2.09. The number of fused-ring (bicyclic) bond motifs is 1. The highest BCUT2D eigenvalue weighted by molar-refractivity contribution is 9.10. The van der Waals surface area contributed by atoms with Gasteiger partial charge in [-0.1, -0.05) is 26.0 Å². The summed E-state index contributed by atoms with van der Waals surface area (Å²) in [5.74, 6) is 0.497. The van der Waals surface area contributed by atoms with E-state index in [2.05, 4.69) is 20.9 Å². The first kappa shape index (κ1) is 10.4. The molecule has 0 atom stereocenters. The quantitative estimate of drug-likeness (QED) is 0.851. The number of rotatable bonds is 1. The molecule has 1 N–H and O–H groups in total. The minimum atomic E-state index is 0.224. The van der Waals surface area contributed by atoms with Crippen LogP contribution in [0, 0.1) is 0 Å². The topological polar surface area (TPSA) is 33.1 Å². The molecule has 1 heterocycles. The Balaban J connectivity index is 2.78. The van der Waals surface area contributed by atoms with E-state index in [0.717, 1.165) is 21.1 Å². The zero-order valence-electron chi connectivity index (χ0n) is 8.66. The Morgan fingerprint density at radius 1 is 1.33 bits per heavy atom. The van der Waals surface area contributed by atoms with E-state index in [1.165, 1.54) is 0 Å². The molecule has 0 aliphatic carbocycles. The Bertz CT molecular complexity index is 508. The van der Waals surface area contributed by atoms with E-state index in [0.29, 0.717) is 0 Å². The van der Waals surface area contributed by atoms with Crippen LogP contribution in [0.25, 0.3) is 10.9 Å². The van der Waals surface area contributed by atoms with E-state index in [1.807, 2.05) is 32.0 Å². The number of halogens is 1. The summed E-state index contributed by atoms with van der Waals surface area (Å²) in [6.07, 6.45) is 0.